The Morgan fingerprint density at radius 1 is 1.53 bits per heavy atom. The monoisotopic (exact) mass is 252 g/mol. The summed E-state index contributed by atoms with van der Waals surface area (Å²) in [5.41, 5.74) is 7.44. The van der Waals surface area contributed by atoms with Crippen molar-refractivity contribution < 1.29 is 5.21 Å². The summed E-state index contributed by atoms with van der Waals surface area (Å²) in [6.45, 7) is 3.84. The summed E-state index contributed by atoms with van der Waals surface area (Å²) in [6, 6.07) is 1.87. The molecule has 0 saturated carbocycles. The number of aromatic nitrogens is 1. The summed E-state index contributed by atoms with van der Waals surface area (Å²) in [5, 5.41) is 11.9. The van der Waals surface area contributed by atoms with Crippen LogP contribution in [-0.2, 0) is 0 Å². The number of hydrogen-bond acceptors (Lipinski definition) is 5. The number of rotatable bonds is 2. The van der Waals surface area contributed by atoms with Gasteiger partial charge in [-0.05, 0) is 18.6 Å². The van der Waals surface area contributed by atoms with E-state index in [4.69, 9.17) is 10.9 Å². The highest BCUT2D eigenvalue weighted by atomic mass is 32.2. The van der Waals surface area contributed by atoms with Crippen LogP contribution in [0.2, 0.25) is 0 Å². The van der Waals surface area contributed by atoms with Crippen LogP contribution in [-0.4, -0.2) is 40.6 Å². The molecule has 1 aromatic heterocycles. The second kappa shape index (κ2) is 5.27. The van der Waals surface area contributed by atoms with E-state index in [0.29, 0.717) is 0 Å². The first-order valence-electron chi connectivity index (χ1n) is 5.50. The molecule has 0 radical (unpaired) electrons. The summed E-state index contributed by atoms with van der Waals surface area (Å²) < 4.78 is 0. The van der Waals surface area contributed by atoms with Gasteiger partial charge in [-0.15, -0.1) is 0 Å². The highest BCUT2D eigenvalue weighted by Gasteiger charge is 2.19. The van der Waals surface area contributed by atoms with Gasteiger partial charge >= 0.3 is 0 Å². The normalized spacial score (nSPS) is 17.2. The molecule has 2 rings (SSSR count). The van der Waals surface area contributed by atoms with Crippen LogP contribution in [0.15, 0.2) is 17.4 Å². The van der Waals surface area contributed by atoms with Crippen LogP contribution in [0.5, 0.6) is 0 Å². The van der Waals surface area contributed by atoms with Crippen LogP contribution in [0.3, 0.4) is 0 Å². The second-order valence-corrected chi connectivity index (χ2v) is 5.14. The smallest absolute Gasteiger partial charge is 0.174 e. The first kappa shape index (κ1) is 12.0. The molecule has 0 atom stereocenters. The molecule has 0 aromatic carbocycles. The third-order valence-electron chi connectivity index (χ3n) is 2.81. The van der Waals surface area contributed by atoms with E-state index in [1.54, 1.807) is 6.20 Å². The fourth-order valence-corrected chi connectivity index (χ4v) is 2.83. The number of nitrogens with two attached hydrogens (primary N) is 1. The Bertz CT molecular complexity index is 429. The molecule has 0 unspecified atom stereocenters. The fraction of sp³-hybridized carbons (Fsp3) is 0.455. The summed E-state index contributed by atoms with van der Waals surface area (Å²) in [6.07, 6.45) is 1.76. The van der Waals surface area contributed by atoms with Crippen molar-refractivity contribution in [1.82, 2.24) is 4.98 Å². The molecule has 0 spiro atoms. The van der Waals surface area contributed by atoms with E-state index in [0.717, 1.165) is 41.5 Å². The lowest BCUT2D eigenvalue weighted by molar-refractivity contribution is 0.318. The number of thioether (sulfide) groups is 1. The SMILES string of the molecule is Cc1ccnc(N2CCSCC2)c1/C(N)=N/O. The van der Waals surface area contributed by atoms with Crippen molar-refractivity contribution in [3.63, 3.8) is 0 Å². The molecule has 17 heavy (non-hydrogen) atoms. The molecule has 1 aromatic rings. The number of pyridine rings is 1. The van der Waals surface area contributed by atoms with Gasteiger partial charge in [0.2, 0.25) is 0 Å². The van der Waals surface area contributed by atoms with Crippen molar-refractivity contribution in [3.8, 4) is 0 Å². The molecule has 1 aliphatic heterocycles. The van der Waals surface area contributed by atoms with E-state index in [2.05, 4.69) is 15.0 Å². The minimum absolute atomic E-state index is 0.129. The van der Waals surface area contributed by atoms with Crippen molar-refractivity contribution in [2.24, 2.45) is 10.9 Å². The zero-order chi connectivity index (χ0) is 12.3. The fourth-order valence-electron chi connectivity index (χ4n) is 1.93. The summed E-state index contributed by atoms with van der Waals surface area (Å²) in [4.78, 5) is 6.57. The third kappa shape index (κ3) is 2.46. The summed E-state index contributed by atoms with van der Waals surface area (Å²) >= 11 is 1.94. The lowest BCUT2D eigenvalue weighted by Gasteiger charge is -2.29. The van der Waals surface area contributed by atoms with E-state index in [9.17, 15) is 0 Å². The molecule has 6 heteroatoms. The topological polar surface area (TPSA) is 74.7 Å². The van der Waals surface area contributed by atoms with Gasteiger partial charge in [0.15, 0.2) is 5.84 Å². The minimum Gasteiger partial charge on any atom is -0.409 e. The summed E-state index contributed by atoms with van der Waals surface area (Å²) in [5.74, 6) is 3.13. The Morgan fingerprint density at radius 2 is 2.24 bits per heavy atom. The standard InChI is InChI=1S/C11H16N4OS/c1-8-2-3-13-11(9(8)10(12)14-16)15-4-6-17-7-5-15/h2-3,16H,4-7H2,1H3,(H2,12,14). The molecule has 2 heterocycles. The first-order chi connectivity index (χ1) is 8.24. The third-order valence-corrected chi connectivity index (χ3v) is 3.76. The van der Waals surface area contributed by atoms with Gasteiger partial charge in [-0.3, -0.25) is 0 Å². The van der Waals surface area contributed by atoms with E-state index < -0.39 is 0 Å². The van der Waals surface area contributed by atoms with Gasteiger partial charge in [-0.25, -0.2) is 4.98 Å². The van der Waals surface area contributed by atoms with Crippen LogP contribution in [0.1, 0.15) is 11.1 Å². The predicted octanol–water partition coefficient (Wildman–Crippen LogP) is 1.04. The van der Waals surface area contributed by atoms with Crippen molar-refractivity contribution in [1.29, 1.82) is 0 Å². The van der Waals surface area contributed by atoms with E-state index in [-0.39, 0.29) is 5.84 Å². The van der Waals surface area contributed by atoms with Gasteiger partial charge in [-0.2, -0.15) is 11.8 Å². The van der Waals surface area contributed by atoms with E-state index in [1.165, 1.54) is 0 Å². The average Bonchev–Trinajstić information content (AvgIpc) is 2.38. The second-order valence-electron chi connectivity index (χ2n) is 3.91. The molecular formula is C11H16N4OS. The van der Waals surface area contributed by atoms with Crippen molar-refractivity contribution >= 4 is 23.4 Å². The lowest BCUT2D eigenvalue weighted by Crippen LogP contribution is -2.35. The van der Waals surface area contributed by atoms with Crippen molar-refractivity contribution in [2.75, 3.05) is 29.5 Å². The maximum atomic E-state index is 8.85. The van der Waals surface area contributed by atoms with Gasteiger partial charge in [0.25, 0.3) is 0 Å². The Balaban J connectivity index is 2.41. The molecule has 0 amide bonds. The summed E-state index contributed by atoms with van der Waals surface area (Å²) in [7, 11) is 0. The van der Waals surface area contributed by atoms with E-state index in [1.807, 2.05) is 24.8 Å². The molecule has 1 aliphatic rings. The van der Waals surface area contributed by atoms with Crippen molar-refractivity contribution in [2.45, 2.75) is 6.92 Å². The molecule has 0 bridgehead atoms. The Kier molecular flexibility index (Phi) is 3.73. The Hall–Kier alpha value is -1.43. The van der Waals surface area contributed by atoms with Gasteiger partial charge in [0.1, 0.15) is 5.82 Å². The number of oxime groups is 1. The molecule has 1 saturated heterocycles. The zero-order valence-electron chi connectivity index (χ0n) is 9.76. The number of hydrogen-bond donors (Lipinski definition) is 2. The Labute approximate surface area is 105 Å². The van der Waals surface area contributed by atoms with Gasteiger partial charge in [0.05, 0.1) is 5.56 Å². The van der Waals surface area contributed by atoms with Crippen LogP contribution in [0, 0.1) is 6.92 Å². The number of aryl methyl sites for hydroxylation is 1. The zero-order valence-corrected chi connectivity index (χ0v) is 10.6. The number of nitrogens with zero attached hydrogens (tertiary/aromatic N) is 3. The highest BCUT2D eigenvalue weighted by molar-refractivity contribution is 7.99. The lowest BCUT2D eigenvalue weighted by atomic mass is 10.1. The Morgan fingerprint density at radius 3 is 2.88 bits per heavy atom. The molecule has 3 N–H and O–H groups in total. The van der Waals surface area contributed by atoms with Gasteiger partial charge in [-0.1, -0.05) is 5.16 Å². The number of anilines is 1. The van der Waals surface area contributed by atoms with Crippen LogP contribution >= 0.6 is 11.8 Å². The average molecular weight is 252 g/mol. The van der Waals surface area contributed by atoms with E-state index >= 15 is 0 Å². The quantitative estimate of drug-likeness (QED) is 0.356. The predicted molar refractivity (Wildman–Crippen MR) is 71.0 cm³/mol. The molecular weight excluding hydrogens is 236 g/mol. The molecule has 92 valence electrons. The van der Waals surface area contributed by atoms with Gasteiger partial charge < -0.3 is 15.8 Å². The maximum absolute atomic E-state index is 8.85. The van der Waals surface area contributed by atoms with Gasteiger partial charge in [0, 0.05) is 30.8 Å². The molecule has 1 fully saturated rings. The van der Waals surface area contributed by atoms with Crippen LogP contribution in [0.25, 0.3) is 0 Å². The molecule has 0 aliphatic carbocycles. The number of amidine groups is 1. The first-order valence-corrected chi connectivity index (χ1v) is 6.65. The van der Waals surface area contributed by atoms with Crippen LogP contribution in [0.4, 0.5) is 5.82 Å². The van der Waals surface area contributed by atoms with Crippen molar-refractivity contribution in [3.05, 3.63) is 23.4 Å². The highest BCUT2D eigenvalue weighted by Crippen LogP contribution is 2.23. The minimum atomic E-state index is 0.129. The molecule has 5 nitrogen and oxygen atoms in total. The van der Waals surface area contributed by atoms with Crippen LogP contribution < -0.4 is 10.6 Å². The maximum Gasteiger partial charge on any atom is 0.174 e. The largest absolute Gasteiger partial charge is 0.409 e.